The van der Waals surface area contributed by atoms with Crippen LogP contribution in [0.1, 0.15) is 29.9 Å². The number of hydrogen-bond donors (Lipinski definition) is 3. The first-order valence-corrected chi connectivity index (χ1v) is 13.9. The number of nitrogens with zero attached hydrogens (tertiary/aromatic N) is 4. The Morgan fingerprint density at radius 2 is 1.95 bits per heavy atom. The highest BCUT2D eigenvalue weighted by molar-refractivity contribution is 5.74. The SMILES string of the molecule is CNCC(O)COc1cccc(-c2nc(NCC3CCN(C4COC4)CC3)c(C)c(-c3c(C)noc3C)n2)c1. The van der Waals surface area contributed by atoms with Gasteiger partial charge in [0.05, 0.1) is 36.2 Å². The number of aliphatic hydroxyl groups is 1. The van der Waals surface area contributed by atoms with Crippen LogP contribution in [-0.4, -0.2) is 90.3 Å². The summed E-state index contributed by atoms with van der Waals surface area (Å²) in [7, 11) is 1.80. The molecule has 1 unspecified atom stereocenters. The average Bonchev–Trinajstić information content (AvgIpc) is 3.24. The molecule has 0 saturated carbocycles. The van der Waals surface area contributed by atoms with Crippen LogP contribution in [0.4, 0.5) is 5.82 Å². The summed E-state index contributed by atoms with van der Waals surface area (Å²) >= 11 is 0. The van der Waals surface area contributed by atoms with Crippen LogP contribution in [-0.2, 0) is 4.74 Å². The van der Waals surface area contributed by atoms with Crippen LogP contribution in [0.2, 0.25) is 0 Å². The lowest BCUT2D eigenvalue weighted by molar-refractivity contribution is -0.0732. The first kappa shape index (κ1) is 27.5. The molecule has 39 heavy (non-hydrogen) atoms. The van der Waals surface area contributed by atoms with E-state index in [4.69, 9.17) is 24.0 Å². The number of aromatic nitrogens is 3. The fourth-order valence-corrected chi connectivity index (χ4v) is 5.29. The van der Waals surface area contributed by atoms with E-state index >= 15 is 0 Å². The standard InChI is InChI=1S/C29H40N6O4/c1-18-27(26-19(2)34-39-20(26)3)32-29(22-6-5-7-25(12-22)38-17-24(36)14-30-4)33-28(18)31-13-21-8-10-35(11-9-21)23-15-37-16-23/h5-7,12,21,23-24,30,36H,8-11,13-17H2,1-4H3,(H,31,32,33). The Hall–Kier alpha value is -3.05. The number of rotatable bonds is 11. The van der Waals surface area contributed by atoms with E-state index in [-0.39, 0.29) is 6.61 Å². The van der Waals surface area contributed by atoms with E-state index in [0.717, 1.165) is 85.3 Å². The van der Waals surface area contributed by atoms with Gasteiger partial charge in [0.2, 0.25) is 0 Å². The number of ether oxygens (including phenoxy) is 2. The van der Waals surface area contributed by atoms with Crippen molar-refractivity contribution in [1.29, 1.82) is 0 Å². The number of nitrogens with one attached hydrogen (secondary N) is 2. The molecule has 0 amide bonds. The van der Waals surface area contributed by atoms with Crippen molar-refractivity contribution in [3.05, 3.63) is 41.3 Å². The third-order valence-corrected chi connectivity index (χ3v) is 7.73. The fourth-order valence-electron chi connectivity index (χ4n) is 5.29. The third-order valence-electron chi connectivity index (χ3n) is 7.73. The van der Waals surface area contributed by atoms with E-state index in [0.29, 0.717) is 30.1 Å². The molecular formula is C29H40N6O4. The van der Waals surface area contributed by atoms with Crippen molar-refractivity contribution in [1.82, 2.24) is 25.3 Å². The number of piperidine rings is 1. The first-order valence-electron chi connectivity index (χ1n) is 13.9. The van der Waals surface area contributed by atoms with Crippen LogP contribution in [0, 0.1) is 26.7 Å². The minimum Gasteiger partial charge on any atom is -0.491 e. The van der Waals surface area contributed by atoms with E-state index in [1.165, 1.54) is 0 Å². The molecular weight excluding hydrogens is 496 g/mol. The molecule has 0 radical (unpaired) electrons. The van der Waals surface area contributed by atoms with Gasteiger partial charge in [-0.1, -0.05) is 17.3 Å². The van der Waals surface area contributed by atoms with Gasteiger partial charge >= 0.3 is 0 Å². The van der Waals surface area contributed by atoms with Crippen molar-refractivity contribution in [2.75, 3.05) is 58.4 Å². The maximum atomic E-state index is 10.0. The average molecular weight is 537 g/mol. The van der Waals surface area contributed by atoms with E-state index in [1.807, 2.05) is 38.1 Å². The lowest BCUT2D eigenvalue weighted by Crippen LogP contribution is -2.52. The Labute approximate surface area is 230 Å². The van der Waals surface area contributed by atoms with Gasteiger partial charge in [0.1, 0.15) is 30.0 Å². The monoisotopic (exact) mass is 536 g/mol. The second-order valence-electron chi connectivity index (χ2n) is 10.7. The molecule has 3 N–H and O–H groups in total. The number of aryl methyl sites for hydroxylation is 2. The molecule has 3 aromatic rings. The van der Waals surface area contributed by atoms with Crippen molar-refractivity contribution < 1.29 is 19.1 Å². The number of hydrogen-bond acceptors (Lipinski definition) is 10. The predicted octanol–water partition coefficient (Wildman–Crippen LogP) is 3.21. The van der Waals surface area contributed by atoms with Gasteiger partial charge in [0.15, 0.2) is 5.82 Å². The van der Waals surface area contributed by atoms with Gasteiger partial charge in [-0.3, -0.25) is 4.90 Å². The van der Waals surface area contributed by atoms with Gasteiger partial charge in [-0.25, -0.2) is 9.97 Å². The van der Waals surface area contributed by atoms with Crippen LogP contribution in [0.25, 0.3) is 22.6 Å². The lowest BCUT2D eigenvalue weighted by atomic mass is 9.95. The van der Waals surface area contributed by atoms with Gasteiger partial charge < -0.3 is 29.7 Å². The van der Waals surface area contributed by atoms with Crippen molar-refractivity contribution in [3.8, 4) is 28.4 Å². The Kier molecular flexibility index (Phi) is 8.76. The van der Waals surface area contributed by atoms with Gasteiger partial charge in [-0.05, 0) is 71.8 Å². The molecule has 0 bridgehead atoms. The Morgan fingerprint density at radius 1 is 1.15 bits per heavy atom. The molecule has 2 fully saturated rings. The number of anilines is 1. The molecule has 2 saturated heterocycles. The maximum Gasteiger partial charge on any atom is 0.162 e. The molecule has 0 spiro atoms. The summed E-state index contributed by atoms with van der Waals surface area (Å²) in [6.07, 6.45) is 1.73. The molecule has 2 aromatic heterocycles. The summed E-state index contributed by atoms with van der Waals surface area (Å²) in [5, 5.41) is 20.8. The minimum atomic E-state index is -0.592. The molecule has 2 aliphatic rings. The quantitative estimate of drug-likeness (QED) is 0.337. The highest BCUT2D eigenvalue weighted by Crippen LogP contribution is 2.34. The van der Waals surface area contributed by atoms with Gasteiger partial charge in [0, 0.05) is 24.2 Å². The topological polar surface area (TPSA) is 118 Å². The molecule has 0 aliphatic carbocycles. The van der Waals surface area contributed by atoms with Crippen LogP contribution in [0.3, 0.4) is 0 Å². The van der Waals surface area contributed by atoms with Crippen molar-refractivity contribution in [3.63, 3.8) is 0 Å². The molecule has 10 nitrogen and oxygen atoms in total. The van der Waals surface area contributed by atoms with Crippen molar-refractivity contribution in [2.24, 2.45) is 5.92 Å². The zero-order valence-corrected chi connectivity index (χ0v) is 23.4. The maximum absolute atomic E-state index is 10.0. The predicted molar refractivity (Wildman–Crippen MR) is 150 cm³/mol. The summed E-state index contributed by atoms with van der Waals surface area (Å²) in [4.78, 5) is 12.5. The zero-order chi connectivity index (χ0) is 27.4. The molecule has 1 atom stereocenters. The van der Waals surface area contributed by atoms with Crippen LogP contribution < -0.4 is 15.4 Å². The lowest BCUT2D eigenvalue weighted by Gasteiger charge is -2.41. The summed E-state index contributed by atoms with van der Waals surface area (Å²) in [5.41, 5.74) is 4.32. The number of aliphatic hydroxyl groups excluding tert-OH is 1. The van der Waals surface area contributed by atoms with Gasteiger partial charge in [0.25, 0.3) is 0 Å². The molecule has 5 rings (SSSR count). The highest BCUT2D eigenvalue weighted by Gasteiger charge is 2.30. The van der Waals surface area contributed by atoms with E-state index < -0.39 is 6.10 Å². The summed E-state index contributed by atoms with van der Waals surface area (Å²) in [6.45, 7) is 11.4. The Balaban J connectivity index is 1.38. The third kappa shape index (κ3) is 6.41. The van der Waals surface area contributed by atoms with Gasteiger partial charge in [-0.15, -0.1) is 0 Å². The minimum absolute atomic E-state index is 0.197. The molecule has 1 aromatic carbocycles. The number of benzene rings is 1. The Bertz CT molecular complexity index is 1230. The van der Waals surface area contributed by atoms with E-state index in [2.05, 4.69) is 27.6 Å². The van der Waals surface area contributed by atoms with Gasteiger partial charge in [-0.2, -0.15) is 0 Å². The van der Waals surface area contributed by atoms with Crippen LogP contribution in [0.5, 0.6) is 5.75 Å². The number of likely N-dealkylation sites (tertiary alicyclic amines) is 1. The summed E-state index contributed by atoms with van der Waals surface area (Å²) in [5.74, 6) is 3.39. The van der Waals surface area contributed by atoms with Crippen LogP contribution >= 0.6 is 0 Å². The molecule has 10 heteroatoms. The normalized spacial score (nSPS) is 17.7. The molecule has 2 aliphatic heterocycles. The second kappa shape index (κ2) is 12.4. The van der Waals surface area contributed by atoms with Crippen LogP contribution in [0.15, 0.2) is 28.8 Å². The second-order valence-corrected chi connectivity index (χ2v) is 10.7. The fraction of sp³-hybridized carbons (Fsp3) is 0.552. The molecule has 4 heterocycles. The van der Waals surface area contributed by atoms with E-state index in [1.54, 1.807) is 7.05 Å². The van der Waals surface area contributed by atoms with E-state index in [9.17, 15) is 5.11 Å². The zero-order valence-electron chi connectivity index (χ0n) is 23.4. The summed E-state index contributed by atoms with van der Waals surface area (Å²) < 4.78 is 16.7. The Morgan fingerprint density at radius 3 is 2.62 bits per heavy atom. The first-order chi connectivity index (χ1) is 18.9. The smallest absolute Gasteiger partial charge is 0.162 e. The largest absolute Gasteiger partial charge is 0.491 e. The molecule has 210 valence electrons. The highest BCUT2D eigenvalue weighted by atomic mass is 16.5. The van der Waals surface area contributed by atoms with Crippen molar-refractivity contribution in [2.45, 2.75) is 45.8 Å². The van der Waals surface area contributed by atoms with Crippen molar-refractivity contribution >= 4 is 5.82 Å². The number of likely N-dealkylation sites (N-methyl/N-ethyl adjacent to an activating group) is 1. The summed E-state index contributed by atoms with van der Waals surface area (Å²) in [6, 6.07) is 8.29.